The van der Waals surface area contributed by atoms with Crippen molar-refractivity contribution in [1.29, 1.82) is 5.26 Å². The zero-order valence-electron chi connectivity index (χ0n) is 13.6. The number of aryl methyl sites for hydroxylation is 1. The van der Waals surface area contributed by atoms with Gasteiger partial charge < -0.3 is 4.74 Å². The van der Waals surface area contributed by atoms with Gasteiger partial charge in [0.25, 0.3) is 0 Å². The first-order valence-corrected chi connectivity index (χ1v) is 7.07. The van der Waals surface area contributed by atoms with E-state index < -0.39 is 6.09 Å². The van der Waals surface area contributed by atoms with Crippen molar-refractivity contribution >= 4 is 24.3 Å². The van der Waals surface area contributed by atoms with E-state index in [0.717, 1.165) is 16.8 Å². The van der Waals surface area contributed by atoms with E-state index in [2.05, 4.69) is 21.7 Å². The van der Waals surface area contributed by atoms with E-state index in [9.17, 15) is 4.79 Å². The van der Waals surface area contributed by atoms with Crippen molar-refractivity contribution in [2.75, 3.05) is 18.7 Å². The molecular formula is C16H18ClN5O2. The molecule has 1 aromatic carbocycles. The normalized spacial score (nSPS) is 9.42. The Labute approximate surface area is 146 Å². The fourth-order valence-corrected chi connectivity index (χ4v) is 1.98. The molecular weight excluding hydrogens is 330 g/mol. The van der Waals surface area contributed by atoms with Gasteiger partial charge in [0.1, 0.15) is 0 Å². The number of nitriles is 1. The minimum Gasteiger partial charge on any atom is -0.449 e. The number of hydrazine groups is 1. The van der Waals surface area contributed by atoms with Gasteiger partial charge in [0.05, 0.1) is 23.9 Å². The van der Waals surface area contributed by atoms with Crippen molar-refractivity contribution in [1.82, 2.24) is 15.6 Å². The molecule has 0 spiro atoms. The van der Waals surface area contributed by atoms with E-state index in [-0.39, 0.29) is 12.4 Å². The van der Waals surface area contributed by atoms with Gasteiger partial charge >= 0.3 is 6.09 Å². The predicted octanol–water partition coefficient (Wildman–Crippen LogP) is 2.84. The van der Waals surface area contributed by atoms with Crippen LogP contribution in [0.25, 0.3) is 11.3 Å². The standard InChI is InChI=1S/C16H17N5O2.ClH/c1-4-23-16(22)20-21(3)14-9-11(2)15(19-18-14)13-7-5-12(10-17)6-8-13;/h5-9H,4H2,1-3H3,(H,20,22);1H. The van der Waals surface area contributed by atoms with Crippen LogP contribution in [0.3, 0.4) is 0 Å². The van der Waals surface area contributed by atoms with Crippen molar-refractivity contribution in [3.8, 4) is 17.3 Å². The average molecular weight is 348 g/mol. The number of rotatable bonds is 4. The Balaban J connectivity index is 0.00000288. The fourth-order valence-electron chi connectivity index (χ4n) is 1.98. The van der Waals surface area contributed by atoms with Gasteiger partial charge in [-0.15, -0.1) is 22.6 Å². The van der Waals surface area contributed by atoms with Crippen LogP contribution in [0.1, 0.15) is 18.1 Å². The lowest BCUT2D eigenvalue weighted by atomic mass is 10.1. The highest BCUT2D eigenvalue weighted by Gasteiger charge is 2.11. The van der Waals surface area contributed by atoms with Crippen LogP contribution in [0.2, 0.25) is 0 Å². The highest BCUT2D eigenvalue weighted by Crippen LogP contribution is 2.22. The number of ether oxygens (including phenoxy) is 1. The number of aromatic nitrogens is 2. The van der Waals surface area contributed by atoms with Gasteiger partial charge in [0, 0.05) is 12.6 Å². The van der Waals surface area contributed by atoms with Crippen LogP contribution < -0.4 is 10.4 Å². The van der Waals surface area contributed by atoms with Crippen LogP contribution in [-0.2, 0) is 4.74 Å². The third kappa shape index (κ3) is 4.57. The predicted molar refractivity (Wildman–Crippen MR) is 92.7 cm³/mol. The van der Waals surface area contributed by atoms with E-state index >= 15 is 0 Å². The average Bonchev–Trinajstić information content (AvgIpc) is 2.55. The van der Waals surface area contributed by atoms with Gasteiger partial charge in [-0.05, 0) is 37.6 Å². The number of nitrogens with zero attached hydrogens (tertiary/aromatic N) is 4. The Hall–Kier alpha value is -2.85. The SMILES string of the molecule is CCOC(=O)NN(C)c1cc(C)c(-c2ccc(C#N)cc2)nn1.Cl. The van der Waals surface area contributed by atoms with Crippen LogP contribution in [0.15, 0.2) is 30.3 Å². The van der Waals surface area contributed by atoms with Crippen LogP contribution in [0, 0.1) is 18.3 Å². The molecule has 0 aliphatic rings. The maximum atomic E-state index is 11.4. The first kappa shape index (κ1) is 19.2. The molecule has 0 saturated heterocycles. The second-order valence-corrected chi connectivity index (χ2v) is 4.81. The lowest BCUT2D eigenvalue weighted by Gasteiger charge is -2.19. The number of nitrogens with one attached hydrogen (secondary N) is 1. The van der Waals surface area contributed by atoms with Gasteiger partial charge in [-0.25, -0.2) is 10.2 Å². The summed E-state index contributed by atoms with van der Waals surface area (Å²) in [6.45, 7) is 3.93. The molecule has 0 fully saturated rings. The van der Waals surface area contributed by atoms with Crippen LogP contribution in [-0.4, -0.2) is 29.9 Å². The highest BCUT2D eigenvalue weighted by molar-refractivity contribution is 5.85. The Morgan fingerprint density at radius 3 is 2.54 bits per heavy atom. The van der Waals surface area contributed by atoms with Gasteiger partial charge in [0.15, 0.2) is 5.82 Å². The summed E-state index contributed by atoms with van der Waals surface area (Å²) in [4.78, 5) is 11.4. The zero-order chi connectivity index (χ0) is 16.8. The van der Waals surface area contributed by atoms with Crippen LogP contribution >= 0.6 is 12.4 Å². The molecule has 1 aromatic heterocycles. The molecule has 0 radical (unpaired) electrons. The van der Waals surface area contributed by atoms with E-state index in [4.69, 9.17) is 10.00 Å². The van der Waals surface area contributed by atoms with E-state index in [1.807, 2.05) is 25.1 Å². The van der Waals surface area contributed by atoms with Gasteiger partial charge in [-0.1, -0.05) is 12.1 Å². The minimum atomic E-state index is -0.550. The molecule has 7 nitrogen and oxygen atoms in total. The summed E-state index contributed by atoms with van der Waals surface area (Å²) in [6.07, 6.45) is -0.550. The molecule has 2 rings (SSSR count). The Morgan fingerprint density at radius 1 is 1.33 bits per heavy atom. The number of halogens is 1. The molecule has 1 N–H and O–H groups in total. The summed E-state index contributed by atoms with van der Waals surface area (Å²) in [7, 11) is 1.65. The molecule has 126 valence electrons. The van der Waals surface area contributed by atoms with E-state index in [0.29, 0.717) is 18.0 Å². The number of carbonyl (C=O) groups excluding carboxylic acids is 1. The number of hydrogen-bond acceptors (Lipinski definition) is 6. The first-order chi connectivity index (χ1) is 11.0. The van der Waals surface area contributed by atoms with Crippen molar-refractivity contribution in [3.05, 3.63) is 41.5 Å². The lowest BCUT2D eigenvalue weighted by molar-refractivity contribution is 0.151. The Kier molecular flexibility index (Phi) is 6.96. The maximum absolute atomic E-state index is 11.4. The molecule has 24 heavy (non-hydrogen) atoms. The van der Waals surface area contributed by atoms with Crippen LogP contribution in [0.5, 0.6) is 0 Å². The molecule has 2 aromatic rings. The molecule has 0 aliphatic carbocycles. The summed E-state index contributed by atoms with van der Waals surface area (Å²) < 4.78 is 4.81. The fraction of sp³-hybridized carbons (Fsp3) is 0.250. The molecule has 1 heterocycles. The molecule has 8 heteroatoms. The number of benzene rings is 1. The Morgan fingerprint density at radius 2 is 2.00 bits per heavy atom. The topological polar surface area (TPSA) is 91.1 Å². The summed E-state index contributed by atoms with van der Waals surface area (Å²) in [5.74, 6) is 0.493. The zero-order valence-corrected chi connectivity index (χ0v) is 14.4. The third-order valence-electron chi connectivity index (χ3n) is 3.14. The maximum Gasteiger partial charge on any atom is 0.426 e. The lowest BCUT2D eigenvalue weighted by Crippen LogP contribution is -2.40. The smallest absolute Gasteiger partial charge is 0.426 e. The molecule has 0 saturated carbocycles. The largest absolute Gasteiger partial charge is 0.449 e. The van der Waals surface area contributed by atoms with Crippen molar-refractivity contribution in [2.24, 2.45) is 0 Å². The van der Waals surface area contributed by atoms with Crippen molar-refractivity contribution < 1.29 is 9.53 Å². The van der Waals surface area contributed by atoms with Crippen molar-refractivity contribution in [2.45, 2.75) is 13.8 Å². The Bertz CT molecular complexity index is 743. The van der Waals surface area contributed by atoms with E-state index in [1.54, 1.807) is 26.1 Å². The van der Waals surface area contributed by atoms with Crippen LogP contribution in [0.4, 0.5) is 10.6 Å². The summed E-state index contributed by atoms with van der Waals surface area (Å²) in [5.41, 5.74) is 5.63. The van der Waals surface area contributed by atoms with E-state index in [1.165, 1.54) is 5.01 Å². The monoisotopic (exact) mass is 347 g/mol. The summed E-state index contributed by atoms with van der Waals surface area (Å²) >= 11 is 0. The quantitative estimate of drug-likeness (QED) is 0.855. The minimum absolute atomic E-state index is 0. The van der Waals surface area contributed by atoms with Crippen molar-refractivity contribution in [3.63, 3.8) is 0 Å². The first-order valence-electron chi connectivity index (χ1n) is 7.07. The summed E-state index contributed by atoms with van der Waals surface area (Å²) in [5, 5.41) is 18.6. The number of hydrogen-bond donors (Lipinski definition) is 1. The number of anilines is 1. The van der Waals surface area contributed by atoms with Gasteiger partial charge in [0.2, 0.25) is 0 Å². The molecule has 0 unspecified atom stereocenters. The molecule has 0 bridgehead atoms. The highest BCUT2D eigenvalue weighted by atomic mass is 35.5. The van der Waals surface area contributed by atoms with Gasteiger partial charge in [-0.2, -0.15) is 5.26 Å². The number of amides is 1. The molecule has 0 atom stereocenters. The molecule has 1 amide bonds. The third-order valence-corrected chi connectivity index (χ3v) is 3.14. The number of carbonyl (C=O) groups is 1. The second-order valence-electron chi connectivity index (χ2n) is 4.81. The second kappa shape index (κ2) is 8.70. The van der Waals surface area contributed by atoms with Gasteiger partial charge in [-0.3, -0.25) is 5.01 Å². The summed E-state index contributed by atoms with van der Waals surface area (Å²) in [6, 6.07) is 11.0. The molecule has 0 aliphatic heterocycles.